The summed E-state index contributed by atoms with van der Waals surface area (Å²) < 4.78 is 0. The molecular formula is C45H54SiZr. The van der Waals surface area contributed by atoms with E-state index >= 15 is 0 Å². The number of aryl methyl sites for hydroxylation is 2. The standard InChI is InChI=1S/C23H27.C20H21.C2H6Si.Zr/c1-15(2)21-14-18-8-7-9-20(22(18)16(21)3)17-10-12-19(13-11-17)23(4,5)6;1-14-12-16-6-5-7-18(19(16)13-14)15-8-10-17(11-9-15)20(2,3)4;1-3-2;/h7-15H,1-6H3;5-13H,1-4H3;1-2H3;/q2*-1;;+2. The molecule has 2 radical (unpaired) electrons. The van der Waals surface area contributed by atoms with Crippen molar-refractivity contribution in [3.05, 3.63) is 131 Å². The van der Waals surface area contributed by atoms with Crippen molar-refractivity contribution in [2.45, 2.75) is 99.1 Å². The number of hydrogen-bond acceptors (Lipinski definition) is 0. The zero-order valence-corrected chi connectivity index (χ0v) is 34.4. The molecule has 0 aromatic heterocycles. The third-order valence-corrected chi connectivity index (χ3v) is 8.86. The van der Waals surface area contributed by atoms with Crippen LogP contribution >= 0.6 is 0 Å². The van der Waals surface area contributed by atoms with E-state index in [1.807, 2.05) is 0 Å². The van der Waals surface area contributed by atoms with E-state index in [1.165, 1.54) is 71.6 Å². The Morgan fingerprint density at radius 3 is 1.51 bits per heavy atom. The third kappa shape index (κ3) is 9.22. The Labute approximate surface area is 307 Å². The van der Waals surface area contributed by atoms with E-state index in [0.29, 0.717) is 5.92 Å². The van der Waals surface area contributed by atoms with E-state index in [0.717, 1.165) is 9.52 Å². The van der Waals surface area contributed by atoms with Crippen LogP contribution in [0.25, 0.3) is 43.8 Å². The van der Waals surface area contributed by atoms with Crippen molar-refractivity contribution in [3.8, 4) is 22.3 Å². The first-order valence-corrected chi connectivity index (χ1v) is 18.8. The molecule has 0 atom stereocenters. The van der Waals surface area contributed by atoms with E-state index in [4.69, 9.17) is 0 Å². The zero-order valence-electron chi connectivity index (χ0n) is 30.9. The maximum absolute atomic E-state index is 2.36. The molecule has 0 heterocycles. The maximum atomic E-state index is 2.36. The smallest absolute Gasteiger partial charge is 0.165 e. The van der Waals surface area contributed by atoms with Gasteiger partial charge < -0.3 is 0 Å². The minimum absolute atomic E-state index is 0. The predicted octanol–water partition coefficient (Wildman–Crippen LogP) is 13.6. The molecule has 0 amide bonds. The van der Waals surface area contributed by atoms with Crippen LogP contribution in [0.3, 0.4) is 0 Å². The normalized spacial score (nSPS) is 11.5. The van der Waals surface area contributed by atoms with Crippen LogP contribution in [-0.2, 0) is 37.0 Å². The van der Waals surface area contributed by atoms with Gasteiger partial charge in [-0.25, -0.2) is 0 Å². The SMILES string of the molecule is C[Si]C.Cc1c(C(C)C)[cH-]c2cccc(-c3ccc(C(C)(C)C)cc3)c12.Cc1cc2c(-c3ccc(C(C)(C)C)cc3)cccc2[cH-]1.[Zr+2]. The Kier molecular flexibility index (Phi) is 13.2. The van der Waals surface area contributed by atoms with Gasteiger partial charge >= 0.3 is 26.2 Å². The second-order valence-corrected chi connectivity index (χ2v) is 16.1. The summed E-state index contributed by atoms with van der Waals surface area (Å²) in [5.41, 5.74) is 12.7. The van der Waals surface area contributed by atoms with E-state index in [9.17, 15) is 0 Å². The fraction of sp³-hybridized carbons (Fsp3) is 0.333. The van der Waals surface area contributed by atoms with Crippen LogP contribution in [0.1, 0.15) is 89.1 Å². The van der Waals surface area contributed by atoms with Gasteiger partial charge in [-0.2, -0.15) is 11.6 Å². The van der Waals surface area contributed by atoms with Gasteiger partial charge in [0.2, 0.25) is 0 Å². The molecule has 0 unspecified atom stereocenters. The topological polar surface area (TPSA) is 0 Å². The second kappa shape index (κ2) is 16.1. The van der Waals surface area contributed by atoms with Crippen LogP contribution in [-0.4, -0.2) is 9.52 Å². The molecule has 0 fully saturated rings. The Balaban J connectivity index is 0.000000233. The molecular weight excluding hydrogens is 660 g/mol. The fourth-order valence-corrected chi connectivity index (χ4v) is 6.31. The van der Waals surface area contributed by atoms with Gasteiger partial charge in [0.25, 0.3) is 0 Å². The maximum Gasteiger partial charge on any atom is 2.00 e. The van der Waals surface area contributed by atoms with Crippen LogP contribution in [0.2, 0.25) is 13.1 Å². The molecule has 6 aromatic carbocycles. The van der Waals surface area contributed by atoms with Gasteiger partial charge in [-0.3, -0.25) is 0 Å². The third-order valence-electron chi connectivity index (χ3n) is 8.86. The van der Waals surface area contributed by atoms with Crippen LogP contribution in [0, 0.1) is 13.8 Å². The summed E-state index contributed by atoms with van der Waals surface area (Å²) in [7, 11) is 1.08. The summed E-state index contributed by atoms with van der Waals surface area (Å²) in [5, 5.41) is 5.47. The van der Waals surface area contributed by atoms with Crippen LogP contribution in [0.15, 0.2) is 103 Å². The molecule has 6 aromatic rings. The van der Waals surface area contributed by atoms with E-state index in [2.05, 4.69) is 185 Å². The van der Waals surface area contributed by atoms with Gasteiger partial charge in [0, 0.05) is 9.52 Å². The van der Waals surface area contributed by atoms with E-state index in [1.54, 1.807) is 0 Å². The van der Waals surface area contributed by atoms with Gasteiger partial charge in [-0.05, 0) is 39.0 Å². The molecule has 47 heavy (non-hydrogen) atoms. The van der Waals surface area contributed by atoms with Gasteiger partial charge in [0.05, 0.1) is 0 Å². The Morgan fingerprint density at radius 1 is 0.596 bits per heavy atom. The average molecular weight is 714 g/mol. The molecule has 0 spiro atoms. The van der Waals surface area contributed by atoms with Crippen molar-refractivity contribution in [2.24, 2.45) is 0 Å². The van der Waals surface area contributed by atoms with Crippen molar-refractivity contribution in [1.29, 1.82) is 0 Å². The molecule has 0 nitrogen and oxygen atoms in total. The summed E-state index contributed by atoms with van der Waals surface area (Å²) in [5.74, 6) is 0.568. The molecule has 0 aliphatic heterocycles. The number of fused-ring (bicyclic) bond motifs is 2. The molecule has 242 valence electrons. The average Bonchev–Trinajstić information content (AvgIpc) is 3.56. The quantitative estimate of drug-likeness (QED) is 0.126. The Hall–Kier alpha value is -2.80. The minimum atomic E-state index is 0. The predicted molar refractivity (Wildman–Crippen MR) is 208 cm³/mol. The van der Waals surface area contributed by atoms with E-state index in [-0.39, 0.29) is 37.0 Å². The molecule has 0 aliphatic carbocycles. The van der Waals surface area contributed by atoms with E-state index < -0.39 is 0 Å². The summed E-state index contributed by atoms with van der Waals surface area (Å²) in [6, 6.07) is 38.2. The van der Waals surface area contributed by atoms with Crippen molar-refractivity contribution in [3.63, 3.8) is 0 Å². The summed E-state index contributed by atoms with van der Waals surface area (Å²) >= 11 is 0. The number of rotatable bonds is 3. The van der Waals surface area contributed by atoms with Crippen LogP contribution in [0.5, 0.6) is 0 Å². The first-order valence-electron chi connectivity index (χ1n) is 16.8. The number of benzene rings is 4. The molecule has 6 rings (SSSR count). The van der Waals surface area contributed by atoms with Gasteiger partial charge in [0.15, 0.2) is 0 Å². The van der Waals surface area contributed by atoms with Crippen LogP contribution in [0.4, 0.5) is 0 Å². The first kappa shape index (κ1) is 38.6. The molecule has 2 heteroatoms. The largest absolute Gasteiger partial charge is 2.00 e. The number of hydrogen-bond donors (Lipinski definition) is 0. The van der Waals surface area contributed by atoms with Gasteiger partial charge in [-0.15, -0.1) is 69.1 Å². The molecule has 0 saturated heterocycles. The Bertz CT molecular complexity index is 1860. The molecule has 0 aliphatic rings. The van der Waals surface area contributed by atoms with Crippen molar-refractivity contribution in [2.75, 3.05) is 0 Å². The zero-order chi connectivity index (χ0) is 33.8. The van der Waals surface area contributed by atoms with Gasteiger partial charge in [0.1, 0.15) is 0 Å². The van der Waals surface area contributed by atoms with Gasteiger partial charge in [-0.1, -0.05) is 154 Å². The molecule has 0 N–H and O–H groups in total. The second-order valence-electron chi connectivity index (χ2n) is 15.1. The fourth-order valence-electron chi connectivity index (χ4n) is 6.31. The molecule has 0 saturated carbocycles. The minimum Gasteiger partial charge on any atom is -0.165 e. The first-order chi connectivity index (χ1) is 21.6. The van der Waals surface area contributed by atoms with Crippen LogP contribution < -0.4 is 0 Å². The van der Waals surface area contributed by atoms with Crippen molar-refractivity contribution < 1.29 is 26.2 Å². The Morgan fingerprint density at radius 2 is 1.04 bits per heavy atom. The monoisotopic (exact) mass is 712 g/mol. The van der Waals surface area contributed by atoms with Crippen molar-refractivity contribution >= 4 is 31.1 Å². The summed E-state index contributed by atoms with van der Waals surface area (Å²) in [6.07, 6.45) is 0. The summed E-state index contributed by atoms with van der Waals surface area (Å²) in [4.78, 5) is 0. The van der Waals surface area contributed by atoms with Crippen molar-refractivity contribution in [1.82, 2.24) is 0 Å². The molecule has 0 bridgehead atoms. The summed E-state index contributed by atoms with van der Waals surface area (Å²) in [6.45, 7) is 26.8.